The number of alkyl halides is 3. The van der Waals surface area contributed by atoms with Crippen LogP contribution in [0.5, 0.6) is 0 Å². The van der Waals surface area contributed by atoms with Crippen molar-refractivity contribution in [1.29, 1.82) is 0 Å². The monoisotopic (exact) mass is 461 g/mol. The van der Waals surface area contributed by atoms with Crippen molar-refractivity contribution in [2.45, 2.75) is 32.9 Å². The van der Waals surface area contributed by atoms with Crippen LogP contribution in [0.2, 0.25) is 0 Å². The summed E-state index contributed by atoms with van der Waals surface area (Å²) >= 11 is 0. The van der Waals surface area contributed by atoms with Crippen LogP contribution in [0.15, 0.2) is 35.2 Å². The zero-order chi connectivity index (χ0) is 24.3. The van der Waals surface area contributed by atoms with Crippen molar-refractivity contribution in [3.8, 4) is 11.3 Å². The molecule has 3 rings (SSSR count). The van der Waals surface area contributed by atoms with E-state index in [2.05, 4.69) is 22.0 Å². The van der Waals surface area contributed by atoms with E-state index in [1.165, 1.54) is 0 Å². The van der Waals surface area contributed by atoms with E-state index in [1.54, 1.807) is 12.3 Å². The number of hydrogen-bond acceptors (Lipinski definition) is 4. The van der Waals surface area contributed by atoms with Gasteiger partial charge in [0.25, 0.3) is 0 Å². The largest absolute Gasteiger partial charge is 0.471 e. The third-order valence-corrected chi connectivity index (χ3v) is 5.90. The maximum Gasteiger partial charge on any atom is 0.471 e. The van der Waals surface area contributed by atoms with Gasteiger partial charge in [0.05, 0.1) is 11.9 Å². The molecule has 2 aromatic rings. The molecule has 2 heterocycles. The first-order chi connectivity index (χ1) is 15.5. The number of halogens is 3. The average molecular weight is 461 g/mol. The molecular formula is C23H26F3N5O2. The number of piperidine rings is 1. The van der Waals surface area contributed by atoms with E-state index in [0.29, 0.717) is 0 Å². The first-order valence-corrected chi connectivity index (χ1v) is 10.5. The number of aromatic nitrogens is 2. The summed E-state index contributed by atoms with van der Waals surface area (Å²) in [6, 6.07) is 5.91. The number of amides is 2. The molecule has 7 nitrogen and oxygen atoms in total. The highest BCUT2D eigenvalue weighted by Gasteiger charge is 2.43. The fraction of sp³-hybridized carbons (Fsp3) is 0.391. The van der Waals surface area contributed by atoms with Crippen molar-refractivity contribution in [1.82, 2.24) is 19.8 Å². The van der Waals surface area contributed by atoms with E-state index >= 15 is 0 Å². The Bertz CT molecular complexity index is 1100. The number of aliphatic imine (C=N–C) groups is 1. The van der Waals surface area contributed by atoms with Crippen LogP contribution in [0.1, 0.15) is 29.8 Å². The maximum absolute atomic E-state index is 12.7. The van der Waals surface area contributed by atoms with Crippen molar-refractivity contribution in [3.63, 3.8) is 0 Å². The van der Waals surface area contributed by atoms with Gasteiger partial charge < -0.3 is 14.8 Å². The average Bonchev–Trinajstić information content (AvgIpc) is 3.11. The van der Waals surface area contributed by atoms with Crippen molar-refractivity contribution in [3.05, 3.63) is 47.2 Å². The van der Waals surface area contributed by atoms with Gasteiger partial charge in [-0.2, -0.15) is 13.2 Å². The molecule has 0 bridgehead atoms. The molecule has 0 unspecified atom stereocenters. The molecule has 1 aromatic heterocycles. The summed E-state index contributed by atoms with van der Waals surface area (Å²) in [4.78, 5) is 33.0. The second kappa shape index (κ2) is 9.60. The summed E-state index contributed by atoms with van der Waals surface area (Å²) in [5.41, 5.74) is 3.69. The Balaban J connectivity index is 1.71. The third kappa shape index (κ3) is 5.50. The van der Waals surface area contributed by atoms with Crippen molar-refractivity contribution < 1.29 is 22.8 Å². The van der Waals surface area contributed by atoms with E-state index in [-0.39, 0.29) is 37.7 Å². The highest BCUT2D eigenvalue weighted by molar-refractivity contribution is 5.84. The maximum atomic E-state index is 12.7. The minimum atomic E-state index is -4.90. The summed E-state index contributed by atoms with van der Waals surface area (Å²) < 4.78 is 39.8. The summed E-state index contributed by atoms with van der Waals surface area (Å²) in [6.07, 6.45) is -1.12. The molecule has 0 radical (unpaired) electrons. The molecule has 1 aromatic carbocycles. The van der Waals surface area contributed by atoms with Gasteiger partial charge in [-0.05, 0) is 56.7 Å². The molecule has 0 atom stereocenters. The van der Waals surface area contributed by atoms with Crippen molar-refractivity contribution in [2.75, 3.05) is 13.1 Å². The van der Waals surface area contributed by atoms with Gasteiger partial charge in [0.2, 0.25) is 5.91 Å². The lowest BCUT2D eigenvalue weighted by atomic mass is 9.95. The predicted molar refractivity (Wildman–Crippen MR) is 119 cm³/mol. The van der Waals surface area contributed by atoms with Gasteiger partial charge in [-0.25, -0.2) is 9.98 Å². The molecular weight excluding hydrogens is 435 g/mol. The summed E-state index contributed by atoms with van der Waals surface area (Å²) in [5.74, 6) is -1.61. The van der Waals surface area contributed by atoms with Gasteiger partial charge in [0, 0.05) is 31.6 Å². The van der Waals surface area contributed by atoms with Crippen LogP contribution < -0.4 is 5.32 Å². The number of hydrogen-bond donors (Lipinski definition) is 1. The Morgan fingerprint density at radius 1 is 1.24 bits per heavy atom. The molecule has 2 amide bonds. The summed E-state index contributed by atoms with van der Waals surface area (Å²) in [7, 11) is 1.93. The quantitative estimate of drug-likeness (QED) is 0.691. The van der Waals surface area contributed by atoms with Crippen LogP contribution in [0, 0.1) is 19.8 Å². The van der Waals surface area contributed by atoms with Gasteiger partial charge in [-0.3, -0.25) is 9.59 Å². The number of nitrogens with zero attached hydrogens (tertiary/aromatic N) is 4. The minimum absolute atomic E-state index is 0.123. The zero-order valence-electron chi connectivity index (χ0n) is 18.7. The highest BCUT2D eigenvalue weighted by Crippen LogP contribution is 2.26. The van der Waals surface area contributed by atoms with Crippen LogP contribution in [-0.2, 0) is 16.6 Å². The van der Waals surface area contributed by atoms with Gasteiger partial charge in [-0.1, -0.05) is 12.1 Å². The van der Waals surface area contributed by atoms with Gasteiger partial charge >= 0.3 is 12.1 Å². The molecule has 0 spiro atoms. The van der Waals surface area contributed by atoms with Crippen LogP contribution in [0.25, 0.3) is 17.3 Å². The second-order valence-corrected chi connectivity index (χ2v) is 8.06. The zero-order valence-corrected chi connectivity index (χ0v) is 18.7. The molecule has 1 saturated heterocycles. The molecule has 10 heteroatoms. The number of likely N-dealkylation sites (tertiary alicyclic amines) is 1. The minimum Gasteiger partial charge on any atom is -0.335 e. The Morgan fingerprint density at radius 2 is 1.91 bits per heavy atom. The van der Waals surface area contributed by atoms with Crippen LogP contribution in [0.4, 0.5) is 13.2 Å². The number of rotatable bonds is 5. The Hall–Kier alpha value is -3.43. The van der Waals surface area contributed by atoms with Gasteiger partial charge in [-0.15, -0.1) is 0 Å². The Morgan fingerprint density at radius 3 is 2.45 bits per heavy atom. The first-order valence-electron chi connectivity index (χ1n) is 10.5. The topological polar surface area (TPSA) is 79.6 Å². The molecule has 0 aliphatic carbocycles. The molecule has 33 heavy (non-hydrogen) atoms. The predicted octanol–water partition coefficient (Wildman–Crippen LogP) is 3.62. The molecule has 1 N–H and O–H groups in total. The molecule has 176 valence electrons. The number of aryl methyl sites for hydroxylation is 2. The Labute approximate surface area is 190 Å². The number of benzene rings is 1. The van der Waals surface area contributed by atoms with E-state index in [9.17, 15) is 22.8 Å². The first kappa shape index (κ1) is 24.2. The van der Waals surface area contributed by atoms with E-state index in [0.717, 1.165) is 33.1 Å². The third-order valence-electron chi connectivity index (χ3n) is 5.90. The molecule has 1 aliphatic heterocycles. The van der Waals surface area contributed by atoms with Gasteiger partial charge in [0.1, 0.15) is 11.6 Å². The lowest BCUT2D eigenvalue weighted by Crippen LogP contribution is -2.47. The highest BCUT2D eigenvalue weighted by atomic mass is 19.4. The fourth-order valence-electron chi connectivity index (χ4n) is 3.75. The van der Waals surface area contributed by atoms with Crippen molar-refractivity contribution >= 4 is 24.6 Å². The van der Waals surface area contributed by atoms with Crippen LogP contribution >= 0.6 is 0 Å². The van der Waals surface area contributed by atoms with Crippen LogP contribution in [-0.4, -0.2) is 52.2 Å². The van der Waals surface area contributed by atoms with E-state index in [4.69, 9.17) is 0 Å². The number of carbonyl (C=O) groups is 2. The summed E-state index contributed by atoms with van der Waals surface area (Å²) in [5, 5.41) is 2.71. The second-order valence-electron chi connectivity index (χ2n) is 8.06. The molecule has 0 saturated carbocycles. The Kier molecular flexibility index (Phi) is 7.04. The van der Waals surface area contributed by atoms with Crippen molar-refractivity contribution in [2.24, 2.45) is 18.0 Å². The fourth-order valence-corrected chi connectivity index (χ4v) is 3.75. The number of carbonyl (C=O) groups excluding carboxylic acids is 2. The standard InChI is InChI=1S/C23H26F3N5O2/c1-14-5-6-17(19-13-28-15(2)30(19)4)11-18(14)12-20(27-3)29-21(32)16-7-9-31(10-8-16)22(33)23(24,25)26/h5-6,11-13,16H,3,7-10H2,1-2,4H3,(H,29,32)/b20-12+. The smallest absolute Gasteiger partial charge is 0.335 e. The summed E-state index contributed by atoms with van der Waals surface area (Å²) in [6.45, 7) is 7.12. The molecule has 1 aliphatic rings. The lowest BCUT2D eigenvalue weighted by Gasteiger charge is -2.31. The van der Waals surface area contributed by atoms with Crippen LogP contribution in [0.3, 0.4) is 0 Å². The van der Waals surface area contributed by atoms with E-state index < -0.39 is 18.0 Å². The molecule has 1 fully saturated rings. The lowest BCUT2D eigenvalue weighted by molar-refractivity contribution is -0.186. The van der Waals surface area contributed by atoms with E-state index in [1.807, 2.05) is 43.7 Å². The number of nitrogens with one attached hydrogen (secondary N) is 1. The SMILES string of the molecule is C=N/C(=C\c1cc(-c2cnc(C)n2C)ccc1C)NC(=O)C1CCN(C(=O)C(F)(F)F)CC1. The van der Waals surface area contributed by atoms with Gasteiger partial charge in [0.15, 0.2) is 0 Å². The number of imidazole rings is 1. The normalized spacial score (nSPS) is 15.5.